The average Bonchev–Trinajstić information content (AvgIpc) is 3.04. The van der Waals surface area contributed by atoms with E-state index in [0.717, 1.165) is 71.2 Å². The van der Waals surface area contributed by atoms with Crippen LogP contribution in [0, 0.1) is 6.92 Å². The molecule has 25 heavy (non-hydrogen) atoms. The van der Waals surface area contributed by atoms with Crippen LogP contribution in [0.2, 0.25) is 0 Å². The van der Waals surface area contributed by atoms with Crippen LogP contribution < -0.4 is 5.32 Å². The zero-order valence-electron chi connectivity index (χ0n) is 15.9. The second-order valence-corrected chi connectivity index (χ2v) is 6.42. The number of rotatable bonds is 9. The number of methoxy groups -OCH3 is 1. The van der Waals surface area contributed by atoms with Crippen molar-refractivity contribution in [3.8, 4) is 0 Å². The van der Waals surface area contributed by atoms with Gasteiger partial charge in [0.05, 0.1) is 25.4 Å². The Morgan fingerprint density at radius 1 is 1.36 bits per heavy atom. The van der Waals surface area contributed by atoms with Crippen LogP contribution in [-0.4, -0.2) is 73.2 Å². The fraction of sp³-hybridized carbons (Fsp3) is 0.778. The molecule has 0 atom stereocenters. The molecular weight excluding hydrogens is 318 g/mol. The summed E-state index contributed by atoms with van der Waals surface area (Å²) in [7, 11) is 1.73. The molecule has 0 radical (unpaired) electrons. The van der Waals surface area contributed by atoms with Gasteiger partial charge in [0.15, 0.2) is 5.96 Å². The van der Waals surface area contributed by atoms with E-state index >= 15 is 0 Å². The number of hydrogen-bond acceptors (Lipinski definition) is 4. The molecule has 1 aliphatic heterocycles. The van der Waals surface area contributed by atoms with Gasteiger partial charge >= 0.3 is 0 Å². The summed E-state index contributed by atoms with van der Waals surface area (Å²) in [6, 6.07) is 0. The molecule has 1 N–H and O–H groups in total. The maximum atomic E-state index is 5.94. The van der Waals surface area contributed by atoms with Crippen LogP contribution in [0.5, 0.6) is 0 Å². The summed E-state index contributed by atoms with van der Waals surface area (Å²) in [5.41, 5.74) is 1.18. The van der Waals surface area contributed by atoms with Gasteiger partial charge in [-0.2, -0.15) is 5.10 Å². The SMILES string of the molecule is CCNC(=NCCn1cc(C)cn1)N1CCC(OCCCOC)CC1. The van der Waals surface area contributed by atoms with E-state index in [1.807, 2.05) is 10.9 Å². The van der Waals surface area contributed by atoms with E-state index in [4.69, 9.17) is 14.5 Å². The summed E-state index contributed by atoms with van der Waals surface area (Å²) >= 11 is 0. The van der Waals surface area contributed by atoms with Crippen molar-refractivity contribution >= 4 is 5.96 Å². The molecule has 1 aliphatic rings. The zero-order chi connectivity index (χ0) is 17.9. The van der Waals surface area contributed by atoms with Gasteiger partial charge in [-0.15, -0.1) is 0 Å². The van der Waals surface area contributed by atoms with Crippen molar-refractivity contribution in [2.75, 3.05) is 46.5 Å². The third kappa shape index (κ3) is 7.04. The summed E-state index contributed by atoms with van der Waals surface area (Å²) in [6.45, 7) is 10.1. The number of nitrogens with one attached hydrogen (secondary N) is 1. The van der Waals surface area contributed by atoms with Crippen molar-refractivity contribution in [2.24, 2.45) is 4.99 Å². The highest BCUT2D eigenvalue weighted by atomic mass is 16.5. The van der Waals surface area contributed by atoms with Crippen molar-refractivity contribution in [3.63, 3.8) is 0 Å². The van der Waals surface area contributed by atoms with Crippen LogP contribution in [0.3, 0.4) is 0 Å². The van der Waals surface area contributed by atoms with Gasteiger partial charge in [0.25, 0.3) is 0 Å². The van der Waals surface area contributed by atoms with Crippen molar-refractivity contribution in [2.45, 2.75) is 45.8 Å². The lowest BCUT2D eigenvalue weighted by Gasteiger charge is -2.34. The summed E-state index contributed by atoms with van der Waals surface area (Å²) in [5.74, 6) is 1.00. The molecule has 0 aromatic carbocycles. The Morgan fingerprint density at radius 3 is 2.80 bits per heavy atom. The number of aromatic nitrogens is 2. The lowest BCUT2D eigenvalue weighted by molar-refractivity contribution is 0.00990. The molecule has 1 saturated heterocycles. The predicted molar refractivity (Wildman–Crippen MR) is 100.0 cm³/mol. The number of ether oxygens (including phenoxy) is 2. The third-order valence-corrected chi connectivity index (χ3v) is 4.28. The van der Waals surface area contributed by atoms with E-state index in [2.05, 4.69) is 35.4 Å². The second-order valence-electron chi connectivity index (χ2n) is 6.42. The molecule has 1 fully saturated rings. The van der Waals surface area contributed by atoms with Crippen LogP contribution in [0.4, 0.5) is 0 Å². The lowest BCUT2D eigenvalue weighted by Crippen LogP contribution is -2.47. The molecule has 0 bridgehead atoms. The Balaban J connectivity index is 1.75. The first-order valence-electron chi connectivity index (χ1n) is 9.35. The molecule has 0 spiro atoms. The molecule has 0 amide bonds. The molecule has 2 heterocycles. The van der Waals surface area contributed by atoms with Crippen LogP contribution in [0.15, 0.2) is 17.4 Å². The highest BCUT2D eigenvalue weighted by Crippen LogP contribution is 2.14. The van der Waals surface area contributed by atoms with Crippen LogP contribution in [0.1, 0.15) is 31.7 Å². The molecule has 0 unspecified atom stereocenters. The van der Waals surface area contributed by atoms with E-state index in [-0.39, 0.29) is 0 Å². The molecule has 7 nitrogen and oxygen atoms in total. The second kappa shape index (κ2) is 11.1. The maximum Gasteiger partial charge on any atom is 0.193 e. The number of aryl methyl sites for hydroxylation is 1. The number of guanidine groups is 1. The van der Waals surface area contributed by atoms with Gasteiger partial charge in [0.2, 0.25) is 0 Å². The smallest absolute Gasteiger partial charge is 0.193 e. The Bertz CT molecular complexity index is 509. The van der Waals surface area contributed by atoms with Gasteiger partial charge in [-0.05, 0) is 38.7 Å². The zero-order valence-corrected chi connectivity index (χ0v) is 15.9. The summed E-state index contributed by atoms with van der Waals surface area (Å²) in [4.78, 5) is 7.11. The van der Waals surface area contributed by atoms with Crippen molar-refractivity contribution in [1.82, 2.24) is 20.0 Å². The first-order valence-corrected chi connectivity index (χ1v) is 9.35. The number of aliphatic imine (C=N–C) groups is 1. The predicted octanol–water partition coefficient (Wildman–Crippen LogP) is 1.67. The molecule has 2 rings (SSSR count). The number of piperidine rings is 1. The van der Waals surface area contributed by atoms with E-state index < -0.39 is 0 Å². The largest absolute Gasteiger partial charge is 0.385 e. The average molecular weight is 351 g/mol. The minimum atomic E-state index is 0.364. The van der Waals surface area contributed by atoms with E-state index in [1.54, 1.807) is 7.11 Å². The molecule has 0 aliphatic carbocycles. The van der Waals surface area contributed by atoms with Crippen LogP contribution in [-0.2, 0) is 16.0 Å². The van der Waals surface area contributed by atoms with E-state index in [0.29, 0.717) is 6.10 Å². The fourth-order valence-electron chi connectivity index (χ4n) is 2.96. The molecule has 1 aromatic heterocycles. The summed E-state index contributed by atoms with van der Waals surface area (Å²) in [5, 5.41) is 7.72. The van der Waals surface area contributed by atoms with Crippen molar-refractivity contribution < 1.29 is 9.47 Å². The van der Waals surface area contributed by atoms with E-state index in [1.165, 1.54) is 5.56 Å². The Morgan fingerprint density at radius 2 is 2.16 bits per heavy atom. The Hall–Kier alpha value is -1.60. The Labute approximate surface area is 151 Å². The van der Waals surface area contributed by atoms with Gasteiger partial charge in [-0.1, -0.05) is 0 Å². The summed E-state index contributed by atoms with van der Waals surface area (Å²) < 4.78 is 12.9. The quantitative estimate of drug-likeness (QED) is 0.417. The monoisotopic (exact) mass is 351 g/mol. The normalized spacial score (nSPS) is 16.4. The molecule has 0 saturated carbocycles. The number of likely N-dealkylation sites (tertiary alicyclic amines) is 1. The van der Waals surface area contributed by atoms with Gasteiger partial charge < -0.3 is 19.7 Å². The van der Waals surface area contributed by atoms with Gasteiger partial charge in [-0.3, -0.25) is 9.67 Å². The van der Waals surface area contributed by atoms with Gasteiger partial charge in [0, 0.05) is 46.2 Å². The molecule has 142 valence electrons. The highest BCUT2D eigenvalue weighted by Gasteiger charge is 2.21. The number of hydrogen-bond donors (Lipinski definition) is 1. The first kappa shape index (κ1) is 19.7. The molecular formula is C18H33N5O2. The summed E-state index contributed by atoms with van der Waals surface area (Å²) in [6.07, 6.45) is 7.36. The van der Waals surface area contributed by atoms with Crippen LogP contribution >= 0.6 is 0 Å². The minimum absolute atomic E-state index is 0.364. The van der Waals surface area contributed by atoms with Crippen LogP contribution in [0.25, 0.3) is 0 Å². The minimum Gasteiger partial charge on any atom is -0.385 e. The third-order valence-electron chi connectivity index (χ3n) is 4.28. The standard InChI is InChI=1S/C18H33N5O2/c1-4-19-18(20-8-11-23-15-16(2)14-21-23)22-9-6-17(7-10-22)25-13-5-12-24-3/h14-15,17H,4-13H2,1-3H3,(H,19,20). The molecule has 1 aromatic rings. The highest BCUT2D eigenvalue weighted by molar-refractivity contribution is 5.80. The Kier molecular flexibility index (Phi) is 8.76. The topological polar surface area (TPSA) is 63.9 Å². The van der Waals surface area contributed by atoms with E-state index in [9.17, 15) is 0 Å². The number of nitrogens with zero attached hydrogens (tertiary/aromatic N) is 4. The lowest BCUT2D eigenvalue weighted by atomic mass is 10.1. The maximum absolute atomic E-state index is 5.94. The van der Waals surface area contributed by atoms with Gasteiger partial charge in [0.1, 0.15) is 0 Å². The fourth-order valence-corrected chi connectivity index (χ4v) is 2.96. The first-order chi connectivity index (χ1) is 12.2. The van der Waals surface area contributed by atoms with Crippen molar-refractivity contribution in [1.29, 1.82) is 0 Å². The van der Waals surface area contributed by atoms with Crippen molar-refractivity contribution in [3.05, 3.63) is 18.0 Å². The molecule has 7 heteroatoms. The van der Waals surface area contributed by atoms with Gasteiger partial charge in [-0.25, -0.2) is 0 Å².